The van der Waals surface area contributed by atoms with E-state index in [0.29, 0.717) is 42.1 Å². The number of morpholine rings is 2. The van der Waals surface area contributed by atoms with Gasteiger partial charge in [-0.2, -0.15) is 0 Å². The van der Waals surface area contributed by atoms with Gasteiger partial charge in [-0.1, -0.05) is 0 Å². The van der Waals surface area contributed by atoms with Crippen molar-refractivity contribution < 1.29 is 14.3 Å². The van der Waals surface area contributed by atoms with Crippen molar-refractivity contribution in [2.75, 3.05) is 56.6 Å². The molecule has 2 saturated heterocycles. The number of nitrogens with one attached hydrogen (secondary N) is 3. The first kappa shape index (κ1) is 26.3. The summed E-state index contributed by atoms with van der Waals surface area (Å²) in [5.74, 6) is 2.19. The number of anilines is 2. The standard InChI is InChI=1S/C27H29N9O3S/c37-27(32-23-7-8-29-17-30-23)31-19-3-1-18(2-4-19)24-33-25(21-15-28-9-12-39-21)35-26(34-24)22-6-5-20(40-22)16-36-10-13-38-14-11-36/h1-8,17,21,28H,9-16H2,(H2,29,30,31,32,37). The normalized spacial score (nSPS) is 17.9. The second kappa shape index (κ2) is 12.5. The van der Waals surface area contributed by atoms with Crippen LogP contribution in [0.5, 0.6) is 0 Å². The molecule has 0 aliphatic carbocycles. The van der Waals surface area contributed by atoms with Crippen LogP contribution in [0, 0.1) is 0 Å². The predicted molar refractivity (Wildman–Crippen MR) is 151 cm³/mol. The Morgan fingerprint density at radius 3 is 2.62 bits per heavy atom. The number of thiophene rings is 1. The molecule has 4 aromatic rings. The van der Waals surface area contributed by atoms with Gasteiger partial charge in [-0.15, -0.1) is 11.3 Å². The Kier molecular flexibility index (Phi) is 8.25. The highest BCUT2D eigenvalue weighted by molar-refractivity contribution is 7.15. The quantitative estimate of drug-likeness (QED) is 0.309. The Bertz CT molecular complexity index is 1420. The Morgan fingerprint density at radius 2 is 1.85 bits per heavy atom. The average molecular weight is 560 g/mol. The summed E-state index contributed by atoms with van der Waals surface area (Å²) in [5, 5.41) is 8.83. The zero-order valence-electron chi connectivity index (χ0n) is 21.7. The second-order valence-electron chi connectivity index (χ2n) is 9.31. The fraction of sp³-hybridized carbons (Fsp3) is 0.333. The number of hydrogen-bond acceptors (Lipinski definition) is 11. The SMILES string of the molecule is O=C(Nc1ccc(-c2nc(-c3ccc(CN4CCOCC4)s3)nc(C3CNCCO3)n2)cc1)Nc1ccncn1. The summed E-state index contributed by atoms with van der Waals surface area (Å²) in [6.07, 6.45) is 2.68. The fourth-order valence-electron chi connectivity index (χ4n) is 4.42. The maximum atomic E-state index is 12.3. The van der Waals surface area contributed by atoms with Crippen molar-refractivity contribution in [3.63, 3.8) is 0 Å². The van der Waals surface area contributed by atoms with E-state index in [4.69, 9.17) is 24.4 Å². The van der Waals surface area contributed by atoms with Crippen molar-refractivity contribution in [1.29, 1.82) is 0 Å². The molecule has 2 amide bonds. The molecular weight excluding hydrogens is 530 g/mol. The minimum Gasteiger partial charge on any atom is -0.379 e. The van der Waals surface area contributed by atoms with Gasteiger partial charge in [0.25, 0.3) is 0 Å². The fourth-order valence-corrected chi connectivity index (χ4v) is 5.40. The molecule has 1 unspecified atom stereocenters. The minimum absolute atomic E-state index is 0.256. The van der Waals surface area contributed by atoms with E-state index in [2.05, 4.69) is 43.0 Å². The number of carbonyl (C=O) groups is 1. The van der Waals surface area contributed by atoms with Crippen LogP contribution in [0.4, 0.5) is 16.3 Å². The number of ether oxygens (including phenoxy) is 2. The smallest absolute Gasteiger partial charge is 0.324 e. The van der Waals surface area contributed by atoms with Crippen molar-refractivity contribution in [2.24, 2.45) is 0 Å². The van der Waals surface area contributed by atoms with Crippen molar-refractivity contribution in [3.8, 4) is 22.1 Å². The van der Waals surface area contributed by atoms with Crippen LogP contribution in [0.2, 0.25) is 0 Å². The summed E-state index contributed by atoms with van der Waals surface area (Å²) in [7, 11) is 0. The molecule has 2 aliphatic rings. The summed E-state index contributed by atoms with van der Waals surface area (Å²) >= 11 is 1.69. The van der Waals surface area contributed by atoms with Crippen LogP contribution in [-0.4, -0.2) is 81.9 Å². The first-order chi connectivity index (χ1) is 19.7. The topological polar surface area (TPSA) is 139 Å². The van der Waals surface area contributed by atoms with Gasteiger partial charge in [0.2, 0.25) is 0 Å². The lowest BCUT2D eigenvalue weighted by atomic mass is 10.2. The van der Waals surface area contributed by atoms with Gasteiger partial charge in [-0.25, -0.2) is 29.7 Å². The number of carbonyl (C=O) groups excluding carboxylic acids is 1. The average Bonchev–Trinajstić information content (AvgIpc) is 3.47. The molecule has 1 aromatic carbocycles. The van der Waals surface area contributed by atoms with E-state index in [1.165, 1.54) is 11.2 Å². The van der Waals surface area contributed by atoms with Crippen molar-refractivity contribution >= 4 is 28.9 Å². The van der Waals surface area contributed by atoms with Gasteiger partial charge in [-0.05, 0) is 42.5 Å². The molecule has 0 spiro atoms. The van der Waals surface area contributed by atoms with Crippen molar-refractivity contribution in [1.82, 2.24) is 35.1 Å². The largest absolute Gasteiger partial charge is 0.379 e. The third-order valence-electron chi connectivity index (χ3n) is 6.46. The van der Waals surface area contributed by atoms with Gasteiger partial charge in [0, 0.05) is 55.0 Å². The summed E-state index contributed by atoms with van der Waals surface area (Å²) in [4.78, 5) is 39.3. The summed E-state index contributed by atoms with van der Waals surface area (Å²) < 4.78 is 11.4. The molecule has 1 atom stereocenters. The van der Waals surface area contributed by atoms with E-state index in [9.17, 15) is 4.79 Å². The van der Waals surface area contributed by atoms with E-state index >= 15 is 0 Å². The molecular formula is C27H29N9O3S. The number of amides is 2. The van der Waals surface area contributed by atoms with Crippen LogP contribution in [0.1, 0.15) is 16.8 Å². The molecule has 13 heteroatoms. The number of aromatic nitrogens is 5. The Hall–Kier alpha value is -3.88. The van der Waals surface area contributed by atoms with E-state index in [1.54, 1.807) is 23.6 Å². The first-order valence-electron chi connectivity index (χ1n) is 13.1. The molecule has 2 fully saturated rings. The Balaban J connectivity index is 1.22. The number of rotatable bonds is 7. The van der Waals surface area contributed by atoms with Gasteiger partial charge >= 0.3 is 6.03 Å². The van der Waals surface area contributed by atoms with Crippen LogP contribution in [-0.2, 0) is 16.0 Å². The lowest BCUT2D eigenvalue weighted by Crippen LogP contribution is -2.35. The van der Waals surface area contributed by atoms with Gasteiger partial charge in [-0.3, -0.25) is 10.2 Å². The maximum absolute atomic E-state index is 12.3. The molecule has 0 bridgehead atoms. The molecule has 6 rings (SSSR count). The molecule has 40 heavy (non-hydrogen) atoms. The van der Waals surface area contributed by atoms with Crippen molar-refractivity contribution in [3.05, 3.63) is 65.7 Å². The Morgan fingerprint density at radius 1 is 1.00 bits per heavy atom. The predicted octanol–water partition coefficient (Wildman–Crippen LogP) is 3.19. The highest BCUT2D eigenvalue weighted by atomic mass is 32.1. The highest BCUT2D eigenvalue weighted by Crippen LogP contribution is 2.30. The number of benzene rings is 1. The summed E-state index contributed by atoms with van der Waals surface area (Å²) in [6, 6.07) is 12.8. The molecule has 0 radical (unpaired) electrons. The monoisotopic (exact) mass is 559 g/mol. The molecule has 206 valence electrons. The highest BCUT2D eigenvalue weighted by Gasteiger charge is 2.22. The zero-order chi connectivity index (χ0) is 27.1. The van der Waals surface area contributed by atoms with E-state index in [1.807, 2.05) is 24.3 Å². The van der Waals surface area contributed by atoms with Gasteiger partial charge in [0.1, 0.15) is 18.2 Å². The third kappa shape index (κ3) is 6.63. The second-order valence-corrected chi connectivity index (χ2v) is 10.5. The van der Waals surface area contributed by atoms with E-state index in [-0.39, 0.29) is 6.10 Å². The van der Waals surface area contributed by atoms with E-state index < -0.39 is 6.03 Å². The molecule has 3 aromatic heterocycles. The van der Waals surface area contributed by atoms with Gasteiger partial charge < -0.3 is 20.1 Å². The molecule has 12 nitrogen and oxygen atoms in total. The van der Waals surface area contributed by atoms with Crippen LogP contribution < -0.4 is 16.0 Å². The molecule has 0 saturated carbocycles. The lowest BCUT2D eigenvalue weighted by molar-refractivity contribution is 0.0221. The van der Waals surface area contributed by atoms with Crippen LogP contribution in [0.15, 0.2) is 55.0 Å². The first-order valence-corrected chi connectivity index (χ1v) is 13.9. The third-order valence-corrected chi connectivity index (χ3v) is 7.52. The number of hydrogen-bond donors (Lipinski definition) is 3. The zero-order valence-corrected chi connectivity index (χ0v) is 22.6. The molecule has 3 N–H and O–H groups in total. The number of nitrogens with zero attached hydrogens (tertiary/aromatic N) is 6. The summed E-state index contributed by atoms with van der Waals surface area (Å²) in [5.41, 5.74) is 1.43. The van der Waals surface area contributed by atoms with Crippen LogP contribution in [0.25, 0.3) is 22.1 Å². The Labute approximate surface area is 235 Å². The molecule has 5 heterocycles. The molecule has 2 aliphatic heterocycles. The summed E-state index contributed by atoms with van der Waals surface area (Å²) in [6.45, 7) is 6.34. The van der Waals surface area contributed by atoms with Gasteiger partial charge in [0.15, 0.2) is 17.5 Å². The minimum atomic E-state index is -0.399. The number of urea groups is 1. The van der Waals surface area contributed by atoms with Crippen LogP contribution in [0.3, 0.4) is 0 Å². The van der Waals surface area contributed by atoms with Gasteiger partial charge in [0.05, 0.1) is 24.7 Å². The van der Waals surface area contributed by atoms with Crippen LogP contribution >= 0.6 is 11.3 Å². The van der Waals surface area contributed by atoms with E-state index in [0.717, 1.165) is 49.8 Å². The lowest BCUT2D eigenvalue weighted by Gasteiger charge is -2.25. The maximum Gasteiger partial charge on any atom is 0.324 e. The van der Waals surface area contributed by atoms with Crippen molar-refractivity contribution in [2.45, 2.75) is 12.6 Å².